The number of aliphatic hydroxyl groups excluding tert-OH is 3. The van der Waals surface area contributed by atoms with Crippen molar-refractivity contribution in [3.05, 3.63) is 0 Å². The van der Waals surface area contributed by atoms with Crippen LogP contribution in [0, 0.1) is 5.92 Å². The molecule has 9 nitrogen and oxygen atoms in total. The van der Waals surface area contributed by atoms with Crippen LogP contribution in [0.25, 0.3) is 0 Å². The highest BCUT2D eigenvalue weighted by atomic mass is 16.8. The fraction of sp³-hybridized carbons (Fsp3) is 0.875. The van der Waals surface area contributed by atoms with Crippen molar-refractivity contribution >= 4 is 11.9 Å². The van der Waals surface area contributed by atoms with E-state index in [0.717, 1.165) is 32.1 Å². The SMILES string of the molecule is O=C(N[C@@H]1C(O)C[C@]2(C(=O)O)OC1[C@H]([C@H](O)CO)O2)C1CCCCC1. The number of carboxylic acids is 1. The molecule has 0 aromatic carbocycles. The molecule has 3 aliphatic rings. The zero-order valence-corrected chi connectivity index (χ0v) is 13.8. The molecule has 1 saturated carbocycles. The molecule has 0 radical (unpaired) electrons. The molecular weight excluding hydrogens is 334 g/mol. The molecule has 9 heteroatoms. The summed E-state index contributed by atoms with van der Waals surface area (Å²) in [6, 6.07) is -0.907. The second-order valence-electron chi connectivity index (χ2n) is 7.11. The summed E-state index contributed by atoms with van der Waals surface area (Å²) >= 11 is 0. The summed E-state index contributed by atoms with van der Waals surface area (Å²) in [6.45, 7) is -0.653. The van der Waals surface area contributed by atoms with Gasteiger partial charge in [0.25, 0.3) is 5.79 Å². The first-order valence-electron chi connectivity index (χ1n) is 8.74. The molecule has 2 bridgehead atoms. The Kier molecular flexibility index (Phi) is 5.31. The van der Waals surface area contributed by atoms with Crippen LogP contribution in [-0.4, -0.2) is 75.2 Å². The van der Waals surface area contributed by atoms with E-state index in [0.29, 0.717) is 0 Å². The number of aliphatic carboxylic acids is 1. The maximum absolute atomic E-state index is 12.5. The Balaban J connectivity index is 1.77. The smallest absolute Gasteiger partial charge is 0.364 e. The minimum Gasteiger partial charge on any atom is -0.477 e. The number of hydrogen-bond acceptors (Lipinski definition) is 7. The molecule has 25 heavy (non-hydrogen) atoms. The lowest BCUT2D eigenvalue weighted by Gasteiger charge is -2.38. The standard InChI is InChI=1S/C16H25NO8/c18-7-10(20)12-13-11(17-14(21)8-4-2-1-3-5-8)9(19)6-16(24-12,25-13)15(22)23/h8-13,18-20H,1-7H2,(H,17,21)(H,22,23)/t9?,10-,11-,12+,13?,16-/m1/s1. The Hall–Kier alpha value is -1.26. The second kappa shape index (κ2) is 7.16. The van der Waals surface area contributed by atoms with Crippen molar-refractivity contribution < 1.29 is 39.5 Å². The lowest BCUT2D eigenvalue weighted by molar-refractivity contribution is -0.234. The minimum absolute atomic E-state index is 0.143. The van der Waals surface area contributed by atoms with Crippen molar-refractivity contribution in [2.24, 2.45) is 5.92 Å². The number of rotatable bonds is 5. The highest BCUT2D eigenvalue weighted by molar-refractivity contribution is 5.80. The summed E-state index contributed by atoms with van der Waals surface area (Å²) in [6.07, 6.45) is -0.570. The molecule has 5 N–H and O–H groups in total. The molecule has 3 fully saturated rings. The molecule has 1 amide bonds. The zero-order chi connectivity index (χ0) is 18.2. The Bertz CT molecular complexity index is 522. The number of nitrogens with one attached hydrogen (secondary N) is 1. The molecule has 0 spiro atoms. The summed E-state index contributed by atoms with van der Waals surface area (Å²) in [5, 5.41) is 41.7. The van der Waals surface area contributed by atoms with Gasteiger partial charge in [0, 0.05) is 12.3 Å². The molecule has 2 aliphatic heterocycles. The van der Waals surface area contributed by atoms with Crippen molar-refractivity contribution in [3.63, 3.8) is 0 Å². The fourth-order valence-corrected chi connectivity index (χ4v) is 4.01. The number of ether oxygens (including phenoxy) is 2. The number of carbonyl (C=O) groups is 2. The van der Waals surface area contributed by atoms with Gasteiger partial charge < -0.3 is 35.2 Å². The molecule has 142 valence electrons. The highest BCUT2D eigenvalue weighted by Crippen LogP contribution is 2.42. The molecule has 0 aromatic rings. The van der Waals surface area contributed by atoms with Gasteiger partial charge in [0.1, 0.15) is 18.3 Å². The van der Waals surface area contributed by atoms with Gasteiger partial charge in [-0.15, -0.1) is 0 Å². The Morgan fingerprint density at radius 1 is 1.20 bits per heavy atom. The molecular formula is C16H25NO8. The van der Waals surface area contributed by atoms with Crippen molar-refractivity contribution in [1.29, 1.82) is 0 Å². The van der Waals surface area contributed by atoms with Crippen LogP contribution in [0.15, 0.2) is 0 Å². The molecule has 1 aliphatic carbocycles. The number of fused-ring (bicyclic) bond motifs is 2. The average Bonchev–Trinajstić information content (AvgIpc) is 2.94. The summed E-state index contributed by atoms with van der Waals surface area (Å²) in [4.78, 5) is 24.0. The lowest BCUT2D eigenvalue weighted by atomic mass is 9.87. The third-order valence-electron chi connectivity index (χ3n) is 5.40. The van der Waals surface area contributed by atoms with E-state index in [2.05, 4.69) is 5.32 Å². The predicted molar refractivity (Wildman–Crippen MR) is 82.3 cm³/mol. The first-order valence-corrected chi connectivity index (χ1v) is 8.74. The molecule has 2 heterocycles. The largest absolute Gasteiger partial charge is 0.477 e. The summed E-state index contributed by atoms with van der Waals surface area (Å²) in [7, 11) is 0. The number of hydrogen-bond donors (Lipinski definition) is 5. The summed E-state index contributed by atoms with van der Waals surface area (Å²) in [5.41, 5.74) is 0. The predicted octanol–water partition coefficient (Wildman–Crippen LogP) is -1.27. The molecule has 3 rings (SSSR count). The molecule has 2 unspecified atom stereocenters. The van der Waals surface area contributed by atoms with E-state index >= 15 is 0 Å². The third kappa shape index (κ3) is 3.39. The first-order chi connectivity index (χ1) is 11.9. The van der Waals surface area contributed by atoms with E-state index in [1.54, 1.807) is 0 Å². The summed E-state index contributed by atoms with van der Waals surface area (Å²) < 4.78 is 10.9. The van der Waals surface area contributed by atoms with Crippen LogP contribution in [-0.2, 0) is 19.1 Å². The quantitative estimate of drug-likeness (QED) is 0.409. The van der Waals surface area contributed by atoms with Gasteiger partial charge >= 0.3 is 5.97 Å². The van der Waals surface area contributed by atoms with Gasteiger partial charge in [-0.05, 0) is 12.8 Å². The Morgan fingerprint density at radius 2 is 1.88 bits per heavy atom. The lowest BCUT2D eigenvalue weighted by Crippen LogP contribution is -2.61. The second-order valence-corrected chi connectivity index (χ2v) is 7.11. The zero-order valence-electron chi connectivity index (χ0n) is 13.8. The summed E-state index contributed by atoms with van der Waals surface area (Å²) in [5.74, 6) is -3.84. The van der Waals surface area contributed by atoms with Crippen molar-refractivity contribution in [2.45, 2.75) is 74.8 Å². The average molecular weight is 359 g/mol. The number of carboxylic acid groups (broad SMARTS) is 1. The van der Waals surface area contributed by atoms with Gasteiger partial charge in [-0.2, -0.15) is 0 Å². The van der Waals surface area contributed by atoms with Gasteiger partial charge in [-0.25, -0.2) is 4.79 Å². The Morgan fingerprint density at radius 3 is 2.48 bits per heavy atom. The van der Waals surface area contributed by atoms with Gasteiger partial charge in [0.15, 0.2) is 0 Å². The monoisotopic (exact) mass is 359 g/mol. The van der Waals surface area contributed by atoms with Crippen LogP contribution in [0.2, 0.25) is 0 Å². The Labute approximate surface area is 144 Å². The van der Waals surface area contributed by atoms with E-state index in [4.69, 9.17) is 9.47 Å². The topological polar surface area (TPSA) is 146 Å². The maximum atomic E-state index is 12.5. The van der Waals surface area contributed by atoms with Crippen LogP contribution in [0.3, 0.4) is 0 Å². The van der Waals surface area contributed by atoms with Crippen LogP contribution >= 0.6 is 0 Å². The van der Waals surface area contributed by atoms with Gasteiger partial charge in [-0.1, -0.05) is 19.3 Å². The van der Waals surface area contributed by atoms with E-state index in [1.165, 1.54) is 0 Å². The molecule has 0 aromatic heterocycles. The van der Waals surface area contributed by atoms with Crippen molar-refractivity contribution in [2.75, 3.05) is 6.61 Å². The van der Waals surface area contributed by atoms with Crippen molar-refractivity contribution in [1.82, 2.24) is 5.32 Å². The van der Waals surface area contributed by atoms with Crippen molar-refractivity contribution in [3.8, 4) is 0 Å². The van der Waals surface area contributed by atoms with Crippen LogP contribution in [0.1, 0.15) is 38.5 Å². The van der Waals surface area contributed by atoms with Crippen LogP contribution < -0.4 is 5.32 Å². The van der Waals surface area contributed by atoms with E-state index < -0.39 is 48.8 Å². The fourth-order valence-electron chi connectivity index (χ4n) is 4.01. The van der Waals surface area contributed by atoms with Gasteiger partial charge in [0.2, 0.25) is 5.91 Å². The molecule has 6 atom stereocenters. The first kappa shape index (κ1) is 18.5. The number of aliphatic hydroxyl groups is 3. The van der Waals surface area contributed by atoms with Crippen LogP contribution in [0.5, 0.6) is 0 Å². The van der Waals surface area contributed by atoms with Gasteiger partial charge in [-0.3, -0.25) is 4.79 Å². The number of carbonyl (C=O) groups excluding carboxylic acids is 1. The van der Waals surface area contributed by atoms with E-state index in [9.17, 15) is 30.0 Å². The maximum Gasteiger partial charge on any atom is 0.364 e. The van der Waals surface area contributed by atoms with Gasteiger partial charge in [0.05, 0.1) is 18.8 Å². The normalized spacial score (nSPS) is 39.8. The highest BCUT2D eigenvalue weighted by Gasteiger charge is 2.63. The molecule has 2 saturated heterocycles. The van der Waals surface area contributed by atoms with E-state index in [-0.39, 0.29) is 18.2 Å². The number of amides is 1. The third-order valence-corrected chi connectivity index (χ3v) is 5.40. The van der Waals surface area contributed by atoms with Crippen LogP contribution in [0.4, 0.5) is 0 Å². The minimum atomic E-state index is -2.07. The van der Waals surface area contributed by atoms with E-state index in [1.807, 2.05) is 0 Å².